The Morgan fingerprint density at radius 1 is 1.70 bits per heavy atom. The van der Waals surface area contributed by atoms with Gasteiger partial charge in [-0.3, -0.25) is 4.79 Å². The maximum atomic E-state index is 14.1. The van der Waals surface area contributed by atoms with Crippen LogP contribution in [0, 0.1) is 17.3 Å². The van der Waals surface area contributed by atoms with Crippen molar-refractivity contribution in [2.45, 2.75) is 12.5 Å². The van der Waals surface area contributed by atoms with E-state index >= 15 is 0 Å². The highest BCUT2D eigenvalue weighted by atomic mass is 19.1. The number of carbonyl (C=O) groups excluding carboxylic acids is 1. The number of hydrogen-bond acceptors (Lipinski definition) is 5. The Morgan fingerprint density at radius 2 is 2.50 bits per heavy atom. The van der Waals surface area contributed by atoms with E-state index < -0.39 is 11.9 Å². The second-order valence-corrected chi connectivity index (χ2v) is 4.50. The predicted molar refractivity (Wildman–Crippen MR) is 71.8 cm³/mol. The molecule has 106 valence electrons. The summed E-state index contributed by atoms with van der Waals surface area (Å²) in [6.45, 7) is 1.95. The number of carbonyl (C=O) groups is 1. The zero-order chi connectivity index (χ0) is 14.5. The summed E-state index contributed by atoms with van der Waals surface area (Å²) in [6.07, 6.45) is 0.309. The molecule has 7 heteroatoms. The van der Waals surface area contributed by atoms with E-state index in [4.69, 9.17) is 5.26 Å². The Hall–Kier alpha value is -2.20. The molecule has 1 saturated heterocycles. The molecule has 0 radical (unpaired) electrons. The standard InChI is InChI=1S/C13H16FN5O/c1-16-13(20)10-2-3-11(12(14)18-10)19-7-6-17-8-9(19)4-5-15/h2-3,9,17H,4,6-8H2,1H3,(H,16,20)/t9-/m0/s1. The lowest BCUT2D eigenvalue weighted by Crippen LogP contribution is -2.51. The lowest BCUT2D eigenvalue weighted by atomic mass is 10.1. The smallest absolute Gasteiger partial charge is 0.269 e. The van der Waals surface area contributed by atoms with Crippen molar-refractivity contribution in [3.63, 3.8) is 0 Å². The highest BCUT2D eigenvalue weighted by Gasteiger charge is 2.25. The Balaban J connectivity index is 2.27. The lowest BCUT2D eigenvalue weighted by molar-refractivity contribution is 0.0957. The Morgan fingerprint density at radius 3 is 3.15 bits per heavy atom. The van der Waals surface area contributed by atoms with E-state index in [0.717, 1.165) is 6.54 Å². The Kier molecular flexibility index (Phi) is 4.48. The van der Waals surface area contributed by atoms with Crippen LogP contribution in [-0.4, -0.2) is 43.6 Å². The topological polar surface area (TPSA) is 81.0 Å². The van der Waals surface area contributed by atoms with E-state index in [9.17, 15) is 9.18 Å². The molecular weight excluding hydrogens is 261 g/mol. The minimum atomic E-state index is -0.684. The second kappa shape index (κ2) is 6.30. The maximum absolute atomic E-state index is 14.1. The van der Waals surface area contributed by atoms with Gasteiger partial charge in [0, 0.05) is 26.7 Å². The SMILES string of the molecule is CNC(=O)c1ccc(N2CCNC[C@@H]2CC#N)c(F)n1. The molecule has 1 aliphatic rings. The summed E-state index contributed by atoms with van der Waals surface area (Å²) >= 11 is 0. The number of anilines is 1. The monoisotopic (exact) mass is 277 g/mol. The van der Waals surface area contributed by atoms with Gasteiger partial charge in [0.15, 0.2) is 0 Å². The maximum Gasteiger partial charge on any atom is 0.269 e. The van der Waals surface area contributed by atoms with Gasteiger partial charge in [-0.15, -0.1) is 0 Å². The number of hydrogen-bond donors (Lipinski definition) is 2. The minimum Gasteiger partial charge on any atom is -0.361 e. The summed E-state index contributed by atoms with van der Waals surface area (Å²) in [5, 5.41) is 14.4. The summed E-state index contributed by atoms with van der Waals surface area (Å²) in [6, 6.07) is 5.05. The Bertz CT molecular complexity index is 542. The summed E-state index contributed by atoms with van der Waals surface area (Å²) in [4.78, 5) is 16.9. The van der Waals surface area contributed by atoms with Gasteiger partial charge < -0.3 is 15.5 Å². The first-order chi connectivity index (χ1) is 9.67. The molecule has 1 atom stereocenters. The average molecular weight is 277 g/mol. The summed E-state index contributed by atoms with van der Waals surface area (Å²) < 4.78 is 14.1. The third-order valence-electron chi connectivity index (χ3n) is 3.28. The summed E-state index contributed by atoms with van der Waals surface area (Å²) in [5.74, 6) is -1.11. The van der Waals surface area contributed by atoms with Crippen molar-refractivity contribution in [3.05, 3.63) is 23.8 Å². The van der Waals surface area contributed by atoms with Crippen LogP contribution in [0.1, 0.15) is 16.9 Å². The molecule has 2 rings (SSSR count). The van der Waals surface area contributed by atoms with Gasteiger partial charge in [-0.2, -0.15) is 9.65 Å². The van der Waals surface area contributed by atoms with Crippen LogP contribution in [0.15, 0.2) is 12.1 Å². The Labute approximate surface area is 116 Å². The van der Waals surface area contributed by atoms with Gasteiger partial charge in [0.25, 0.3) is 5.91 Å². The molecule has 2 N–H and O–H groups in total. The molecule has 0 aliphatic carbocycles. The van der Waals surface area contributed by atoms with Crippen molar-refractivity contribution >= 4 is 11.6 Å². The number of nitrogens with one attached hydrogen (secondary N) is 2. The van der Waals surface area contributed by atoms with Crippen LogP contribution in [0.4, 0.5) is 10.1 Å². The van der Waals surface area contributed by atoms with E-state index in [1.807, 2.05) is 4.90 Å². The highest BCUT2D eigenvalue weighted by molar-refractivity contribution is 5.92. The molecule has 1 aromatic rings. The van der Waals surface area contributed by atoms with Crippen LogP contribution in [0.3, 0.4) is 0 Å². The van der Waals surface area contributed by atoms with E-state index in [1.165, 1.54) is 13.1 Å². The molecule has 0 saturated carbocycles. The normalized spacial score (nSPS) is 18.4. The van der Waals surface area contributed by atoms with Crippen LogP contribution in [-0.2, 0) is 0 Å². The number of pyridine rings is 1. The first-order valence-electron chi connectivity index (χ1n) is 6.40. The molecule has 1 aliphatic heterocycles. The van der Waals surface area contributed by atoms with Gasteiger partial charge in [-0.1, -0.05) is 0 Å². The number of rotatable bonds is 3. The largest absolute Gasteiger partial charge is 0.361 e. The summed E-state index contributed by atoms with van der Waals surface area (Å²) in [7, 11) is 1.47. The number of piperazine rings is 1. The van der Waals surface area contributed by atoms with E-state index in [2.05, 4.69) is 21.7 Å². The molecule has 6 nitrogen and oxygen atoms in total. The first kappa shape index (κ1) is 14.2. The van der Waals surface area contributed by atoms with Crippen LogP contribution < -0.4 is 15.5 Å². The zero-order valence-corrected chi connectivity index (χ0v) is 11.2. The molecule has 1 amide bonds. The van der Waals surface area contributed by atoms with Gasteiger partial charge >= 0.3 is 0 Å². The van der Waals surface area contributed by atoms with E-state index in [-0.39, 0.29) is 11.7 Å². The van der Waals surface area contributed by atoms with Gasteiger partial charge in [0.2, 0.25) is 5.95 Å². The molecule has 20 heavy (non-hydrogen) atoms. The van der Waals surface area contributed by atoms with Gasteiger partial charge in [-0.25, -0.2) is 4.98 Å². The molecular formula is C13H16FN5O. The molecule has 1 aromatic heterocycles. The van der Waals surface area contributed by atoms with Gasteiger partial charge in [-0.05, 0) is 12.1 Å². The molecule has 1 fully saturated rings. The van der Waals surface area contributed by atoms with E-state index in [0.29, 0.717) is 25.2 Å². The van der Waals surface area contributed by atoms with Crippen molar-refractivity contribution in [1.82, 2.24) is 15.6 Å². The fraction of sp³-hybridized carbons (Fsp3) is 0.462. The van der Waals surface area contributed by atoms with Crippen molar-refractivity contribution in [2.75, 3.05) is 31.6 Å². The third kappa shape index (κ3) is 2.86. The van der Waals surface area contributed by atoms with Gasteiger partial charge in [0.1, 0.15) is 5.69 Å². The van der Waals surface area contributed by atoms with Crippen LogP contribution >= 0.6 is 0 Å². The van der Waals surface area contributed by atoms with Crippen LogP contribution in [0.25, 0.3) is 0 Å². The number of nitriles is 1. The number of aromatic nitrogens is 1. The number of halogens is 1. The van der Waals surface area contributed by atoms with Crippen molar-refractivity contribution in [3.8, 4) is 6.07 Å². The second-order valence-electron chi connectivity index (χ2n) is 4.50. The molecule has 0 unspecified atom stereocenters. The van der Waals surface area contributed by atoms with Crippen molar-refractivity contribution in [2.24, 2.45) is 0 Å². The molecule has 0 bridgehead atoms. The van der Waals surface area contributed by atoms with Crippen molar-refractivity contribution in [1.29, 1.82) is 5.26 Å². The highest BCUT2D eigenvalue weighted by Crippen LogP contribution is 2.22. The number of nitrogens with zero attached hydrogens (tertiary/aromatic N) is 3. The van der Waals surface area contributed by atoms with Crippen LogP contribution in [0.2, 0.25) is 0 Å². The fourth-order valence-electron chi connectivity index (χ4n) is 2.26. The molecule has 2 heterocycles. The molecule has 0 aromatic carbocycles. The zero-order valence-electron chi connectivity index (χ0n) is 11.2. The first-order valence-corrected chi connectivity index (χ1v) is 6.40. The minimum absolute atomic E-state index is 0.0423. The van der Waals surface area contributed by atoms with E-state index in [1.54, 1.807) is 6.07 Å². The fourth-order valence-corrected chi connectivity index (χ4v) is 2.26. The quantitative estimate of drug-likeness (QED) is 0.775. The van der Waals surface area contributed by atoms with Crippen molar-refractivity contribution < 1.29 is 9.18 Å². The lowest BCUT2D eigenvalue weighted by Gasteiger charge is -2.36. The summed E-state index contributed by atoms with van der Waals surface area (Å²) in [5.41, 5.74) is 0.375. The molecule has 0 spiro atoms. The average Bonchev–Trinajstić information content (AvgIpc) is 2.47. The number of amides is 1. The van der Waals surface area contributed by atoms with Crippen LogP contribution in [0.5, 0.6) is 0 Å². The van der Waals surface area contributed by atoms with Gasteiger partial charge in [0.05, 0.1) is 24.2 Å². The predicted octanol–water partition coefficient (Wildman–Crippen LogP) is 0.272. The third-order valence-corrected chi connectivity index (χ3v) is 3.28.